The molecule has 0 radical (unpaired) electrons. The molecule has 0 amide bonds. The van der Waals surface area contributed by atoms with Crippen LogP contribution in [0.1, 0.15) is 106 Å². The molecule has 43 heavy (non-hydrogen) atoms. The van der Waals surface area contributed by atoms with Gasteiger partial charge in [-0.05, 0) is 136 Å². The van der Waals surface area contributed by atoms with Gasteiger partial charge in [0, 0.05) is 19.6 Å². The van der Waals surface area contributed by atoms with Gasteiger partial charge in [-0.3, -0.25) is 0 Å². The zero-order chi connectivity index (χ0) is 30.8. The van der Waals surface area contributed by atoms with E-state index in [0.717, 1.165) is 31.6 Å². The summed E-state index contributed by atoms with van der Waals surface area (Å²) < 4.78 is 18.9. The monoisotopic (exact) mass is 596 g/mol. The SMILES string of the molecule is C=C1C(C2CC2)CC2C[C@]1(C)C(OC)/C=C/CC(C)CC1CC(C(C)C(O)CC[C@]3(C)OC3[C@@H]2C)C(C)C2C(C1)C2OC. The van der Waals surface area contributed by atoms with Crippen LogP contribution in [0.3, 0.4) is 0 Å². The van der Waals surface area contributed by atoms with Crippen LogP contribution in [-0.2, 0) is 14.2 Å². The van der Waals surface area contributed by atoms with Crippen molar-refractivity contribution in [1.82, 2.24) is 0 Å². The van der Waals surface area contributed by atoms with Crippen LogP contribution in [0.2, 0.25) is 0 Å². The molecule has 0 spiro atoms. The second-order valence-electron chi connectivity index (χ2n) is 17.2. The van der Waals surface area contributed by atoms with E-state index in [-0.39, 0.29) is 29.3 Å². The van der Waals surface area contributed by atoms with E-state index < -0.39 is 0 Å². The molecule has 4 nitrogen and oxygen atoms in total. The van der Waals surface area contributed by atoms with Crippen LogP contribution in [0, 0.1) is 70.5 Å². The molecule has 1 N–H and O–H groups in total. The Morgan fingerprint density at radius 1 is 0.884 bits per heavy atom. The summed E-state index contributed by atoms with van der Waals surface area (Å²) in [7, 11) is 3.81. The fourth-order valence-corrected chi connectivity index (χ4v) is 11.3. The number of ether oxygens (including phenoxy) is 3. The highest BCUT2D eigenvalue weighted by Gasteiger charge is 2.60. The maximum Gasteiger partial charge on any atom is 0.0924 e. The van der Waals surface area contributed by atoms with E-state index >= 15 is 0 Å². The average Bonchev–Trinajstić information content (AvgIpc) is 3.87. The Kier molecular flexibility index (Phi) is 9.13. The maximum absolute atomic E-state index is 11.7. The van der Waals surface area contributed by atoms with Crippen LogP contribution in [0.4, 0.5) is 0 Å². The fraction of sp³-hybridized carbons (Fsp3) is 0.897. The summed E-state index contributed by atoms with van der Waals surface area (Å²) in [4.78, 5) is 0. The van der Waals surface area contributed by atoms with Crippen molar-refractivity contribution in [3.63, 3.8) is 0 Å². The Balaban J connectivity index is 1.28. The zero-order valence-corrected chi connectivity index (χ0v) is 28.8. The first-order valence-corrected chi connectivity index (χ1v) is 18.2. The van der Waals surface area contributed by atoms with Crippen LogP contribution < -0.4 is 0 Å². The van der Waals surface area contributed by atoms with Crippen molar-refractivity contribution in [3.8, 4) is 0 Å². The molecule has 13 unspecified atom stereocenters. The van der Waals surface area contributed by atoms with Gasteiger partial charge >= 0.3 is 0 Å². The molecule has 16 atom stereocenters. The van der Waals surface area contributed by atoms with Gasteiger partial charge in [0.15, 0.2) is 0 Å². The van der Waals surface area contributed by atoms with E-state index in [2.05, 4.69) is 53.7 Å². The number of methoxy groups -OCH3 is 2. The molecular formula is C39H64O4. The summed E-state index contributed by atoms with van der Waals surface area (Å²) in [5.41, 5.74) is 1.27. The molecule has 6 aliphatic rings. The van der Waals surface area contributed by atoms with Crippen LogP contribution in [0.5, 0.6) is 0 Å². The number of hydrogen-bond donors (Lipinski definition) is 1. The number of aliphatic hydroxyl groups excluding tert-OH is 1. The Morgan fingerprint density at radius 2 is 1.60 bits per heavy atom. The molecule has 4 bridgehead atoms. The first-order chi connectivity index (χ1) is 20.4. The van der Waals surface area contributed by atoms with Crippen molar-refractivity contribution in [2.24, 2.45) is 70.5 Å². The third-order valence-electron chi connectivity index (χ3n) is 14.4. The normalized spacial score (nSPS) is 55.0. The van der Waals surface area contributed by atoms with Gasteiger partial charge < -0.3 is 19.3 Å². The van der Waals surface area contributed by atoms with Gasteiger partial charge in [0.25, 0.3) is 0 Å². The summed E-state index contributed by atoms with van der Waals surface area (Å²) in [6.07, 6.45) is 17.1. The molecule has 1 saturated heterocycles. The molecular weight excluding hydrogens is 532 g/mol. The number of epoxide rings is 1. The number of rotatable bonds is 3. The van der Waals surface area contributed by atoms with Crippen molar-refractivity contribution < 1.29 is 19.3 Å². The standard InChI is InChI=1S/C39H64O4/c1-22-11-10-12-34(41-8)38(6)21-29(20-31(26(38)5)28-13-14-28)23(2)37-39(7,43-37)16-15-33(40)24(3)30-18-27(17-22)19-32-35(25(30)4)36(32)42-9/h10,12,22-25,27-37,40H,5,11,13-21H2,1-4,6-9H3/b12-10+/t22?,23-,24?,25?,27?,29?,30?,31?,32?,33?,34?,35?,36?,37?,38+,39+/m1/s1. The quantitative estimate of drug-likeness (QED) is 0.262. The molecule has 0 aromatic heterocycles. The highest BCUT2D eigenvalue weighted by Crippen LogP contribution is 2.61. The van der Waals surface area contributed by atoms with E-state index in [1.54, 1.807) is 0 Å². The van der Waals surface area contributed by atoms with E-state index in [1.807, 2.05) is 14.2 Å². The zero-order valence-electron chi connectivity index (χ0n) is 28.8. The van der Waals surface area contributed by atoms with Crippen LogP contribution in [0.25, 0.3) is 0 Å². The summed E-state index contributed by atoms with van der Waals surface area (Å²) in [5, 5.41) is 11.7. The highest BCUT2D eigenvalue weighted by atomic mass is 16.6. The lowest BCUT2D eigenvalue weighted by atomic mass is 9.57. The molecule has 6 rings (SSSR count). The molecule has 0 aromatic carbocycles. The molecule has 244 valence electrons. The van der Waals surface area contributed by atoms with Gasteiger partial charge in [0.2, 0.25) is 0 Å². The predicted molar refractivity (Wildman–Crippen MR) is 175 cm³/mol. The maximum atomic E-state index is 11.7. The van der Waals surface area contributed by atoms with Crippen molar-refractivity contribution in [3.05, 3.63) is 24.3 Å². The van der Waals surface area contributed by atoms with Crippen molar-refractivity contribution in [2.75, 3.05) is 14.2 Å². The van der Waals surface area contributed by atoms with E-state index in [4.69, 9.17) is 20.8 Å². The lowest BCUT2D eigenvalue weighted by Crippen LogP contribution is -2.45. The highest BCUT2D eigenvalue weighted by molar-refractivity contribution is 5.25. The first-order valence-electron chi connectivity index (χ1n) is 18.2. The number of hydrogen-bond acceptors (Lipinski definition) is 4. The molecule has 1 heterocycles. The number of allylic oxidation sites excluding steroid dienone is 1. The Labute approximate surface area is 263 Å². The van der Waals surface area contributed by atoms with Gasteiger partial charge in [0.05, 0.1) is 30.0 Å². The minimum absolute atomic E-state index is 0.0560. The molecule has 4 heteroatoms. The van der Waals surface area contributed by atoms with E-state index in [1.165, 1.54) is 44.1 Å². The van der Waals surface area contributed by atoms with Crippen LogP contribution in [0.15, 0.2) is 24.3 Å². The number of fused-ring (bicyclic) bond motifs is 6. The first kappa shape index (κ1) is 32.3. The Hall–Kier alpha value is -0.680. The third-order valence-corrected chi connectivity index (χ3v) is 14.4. The van der Waals surface area contributed by atoms with Crippen LogP contribution in [-0.4, -0.2) is 49.3 Å². The van der Waals surface area contributed by atoms with Crippen LogP contribution >= 0.6 is 0 Å². The molecule has 1 aliphatic heterocycles. The average molecular weight is 597 g/mol. The third kappa shape index (κ3) is 6.10. The minimum Gasteiger partial charge on any atom is -0.393 e. The lowest BCUT2D eigenvalue weighted by molar-refractivity contribution is 0.00238. The van der Waals surface area contributed by atoms with Gasteiger partial charge in [-0.2, -0.15) is 0 Å². The smallest absolute Gasteiger partial charge is 0.0924 e. The summed E-state index contributed by atoms with van der Waals surface area (Å²) in [5.74, 6) is 6.65. The molecule has 0 aromatic rings. The molecule has 5 fully saturated rings. The predicted octanol–water partition coefficient (Wildman–Crippen LogP) is 8.48. The van der Waals surface area contributed by atoms with Gasteiger partial charge in [-0.15, -0.1) is 0 Å². The van der Waals surface area contributed by atoms with E-state index in [0.29, 0.717) is 65.3 Å². The minimum atomic E-state index is -0.271. The topological polar surface area (TPSA) is 51.2 Å². The van der Waals surface area contributed by atoms with Crippen molar-refractivity contribution in [2.45, 2.75) is 136 Å². The van der Waals surface area contributed by atoms with Crippen molar-refractivity contribution in [1.29, 1.82) is 0 Å². The largest absolute Gasteiger partial charge is 0.393 e. The molecule has 4 saturated carbocycles. The summed E-state index contributed by atoms with van der Waals surface area (Å²) in [6, 6.07) is 0. The number of aliphatic hydroxyl groups is 1. The summed E-state index contributed by atoms with van der Waals surface area (Å²) in [6.45, 7) is 19.3. The lowest BCUT2D eigenvalue weighted by Gasteiger charge is -2.49. The second kappa shape index (κ2) is 12.2. The van der Waals surface area contributed by atoms with Gasteiger partial charge in [0.1, 0.15) is 0 Å². The Morgan fingerprint density at radius 3 is 2.28 bits per heavy atom. The second-order valence-corrected chi connectivity index (χ2v) is 17.2. The van der Waals surface area contributed by atoms with Gasteiger partial charge in [-0.25, -0.2) is 0 Å². The van der Waals surface area contributed by atoms with Crippen molar-refractivity contribution >= 4 is 0 Å². The van der Waals surface area contributed by atoms with Gasteiger partial charge in [-0.1, -0.05) is 58.9 Å². The Bertz CT molecular complexity index is 1030. The summed E-state index contributed by atoms with van der Waals surface area (Å²) >= 11 is 0. The molecule has 5 aliphatic carbocycles. The van der Waals surface area contributed by atoms with E-state index in [9.17, 15) is 5.11 Å². The fourth-order valence-electron chi connectivity index (χ4n) is 11.3.